The van der Waals surface area contributed by atoms with Crippen LogP contribution in [0.3, 0.4) is 0 Å². The van der Waals surface area contributed by atoms with Crippen molar-refractivity contribution >= 4 is 27.5 Å². The zero-order valence-electron chi connectivity index (χ0n) is 12.8. The lowest BCUT2D eigenvalue weighted by atomic mass is 9.90. The van der Waals surface area contributed by atoms with Crippen LogP contribution in [0.2, 0.25) is 0 Å². The Morgan fingerprint density at radius 3 is 3.17 bits per heavy atom. The van der Waals surface area contributed by atoms with Crippen LogP contribution in [0.15, 0.2) is 22.6 Å². The molecule has 2 atom stereocenters. The predicted molar refractivity (Wildman–Crippen MR) is 87.6 cm³/mol. The molecule has 1 aliphatic heterocycles. The van der Waals surface area contributed by atoms with Gasteiger partial charge in [-0.1, -0.05) is 12.8 Å². The van der Waals surface area contributed by atoms with Crippen LogP contribution in [0, 0.1) is 0 Å². The molecule has 4 rings (SSSR count). The van der Waals surface area contributed by atoms with Gasteiger partial charge in [-0.2, -0.15) is 0 Å². The van der Waals surface area contributed by atoms with E-state index < -0.39 is 0 Å². The largest absolute Gasteiger partial charge is 0.374 e. The second-order valence-electron chi connectivity index (χ2n) is 6.17. The maximum atomic E-state index is 12.7. The number of morpholine rings is 1. The quantitative estimate of drug-likeness (QED) is 0.838. The molecule has 2 aliphatic rings. The molecular weight excluding hydrogens is 314 g/mol. The summed E-state index contributed by atoms with van der Waals surface area (Å²) in [6, 6.07) is 1.93. The molecule has 0 spiro atoms. The van der Waals surface area contributed by atoms with Gasteiger partial charge in [0.1, 0.15) is 11.4 Å². The zero-order valence-corrected chi connectivity index (χ0v) is 13.6. The lowest BCUT2D eigenvalue weighted by Gasteiger charge is -2.43. The third-order valence-electron chi connectivity index (χ3n) is 4.81. The Balaban J connectivity index is 1.56. The summed E-state index contributed by atoms with van der Waals surface area (Å²) in [6.07, 6.45) is 5.97. The highest BCUT2D eigenvalue weighted by Crippen LogP contribution is 2.28. The summed E-state index contributed by atoms with van der Waals surface area (Å²) < 4.78 is 7.23. The van der Waals surface area contributed by atoms with Gasteiger partial charge in [0.2, 0.25) is 5.91 Å². The molecular formula is C16H19N3O3S. The van der Waals surface area contributed by atoms with Gasteiger partial charge >= 0.3 is 0 Å². The Morgan fingerprint density at radius 2 is 2.26 bits per heavy atom. The van der Waals surface area contributed by atoms with E-state index in [1.807, 2.05) is 10.3 Å². The van der Waals surface area contributed by atoms with Gasteiger partial charge in [0.15, 0.2) is 0 Å². The van der Waals surface area contributed by atoms with Crippen LogP contribution in [-0.4, -0.2) is 45.7 Å². The van der Waals surface area contributed by atoms with Gasteiger partial charge in [-0.3, -0.25) is 14.2 Å². The number of thiophene rings is 1. The van der Waals surface area contributed by atoms with Crippen LogP contribution >= 0.6 is 11.3 Å². The molecule has 1 saturated heterocycles. The van der Waals surface area contributed by atoms with Crippen molar-refractivity contribution < 1.29 is 9.53 Å². The normalized spacial score (nSPS) is 24.6. The maximum Gasteiger partial charge on any atom is 0.262 e. The molecule has 23 heavy (non-hydrogen) atoms. The van der Waals surface area contributed by atoms with Crippen LogP contribution in [0.1, 0.15) is 25.7 Å². The first-order chi connectivity index (χ1) is 11.2. The lowest BCUT2D eigenvalue weighted by Crippen LogP contribution is -2.55. The van der Waals surface area contributed by atoms with Crippen molar-refractivity contribution in [2.45, 2.75) is 44.4 Å². The fourth-order valence-corrected chi connectivity index (χ4v) is 4.37. The number of carbonyl (C=O) groups is 1. The number of nitrogens with zero attached hydrogens (tertiary/aromatic N) is 3. The standard InChI is InChI=1S/C16H19N3O3S/c20-14(19-6-7-22-13-4-2-1-3-12(13)19)9-18-10-17-15-11(16(18)21)5-8-23-15/h5,8,10,12-13H,1-4,6-7,9H2/t12-,13-/m1/s1. The highest BCUT2D eigenvalue weighted by Gasteiger charge is 2.36. The smallest absolute Gasteiger partial charge is 0.262 e. The van der Waals surface area contributed by atoms with Crippen molar-refractivity contribution in [3.8, 4) is 0 Å². The summed E-state index contributed by atoms with van der Waals surface area (Å²) in [4.78, 5) is 32.1. The second-order valence-corrected chi connectivity index (χ2v) is 7.06. The van der Waals surface area contributed by atoms with Crippen molar-refractivity contribution in [1.29, 1.82) is 0 Å². The first-order valence-electron chi connectivity index (χ1n) is 8.08. The number of fused-ring (bicyclic) bond motifs is 2. The van der Waals surface area contributed by atoms with E-state index in [0.717, 1.165) is 24.1 Å². The molecule has 1 aliphatic carbocycles. The zero-order chi connectivity index (χ0) is 15.8. The Bertz CT molecular complexity index is 782. The molecule has 0 radical (unpaired) electrons. The number of hydrogen-bond acceptors (Lipinski definition) is 5. The van der Waals surface area contributed by atoms with Crippen molar-refractivity contribution in [2.75, 3.05) is 13.2 Å². The van der Waals surface area contributed by atoms with Crippen molar-refractivity contribution in [3.63, 3.8) is 0 Å². The van der Waals surface area contributed by atoms with E-state index in [0.29, 0.717) is 18.5 Å². The van der Waals surface area contributed by atoms with Gasteiger partial charge < -0.3 is 9.64 Å². The minimum Gasteiger partial charge on any atom is -0.374 e. The van der Waals surface area contributed by atoms with Crippen molar-refractivity contribution in [3.05, 3.63) is 28.1 Å². The number of amides is 1. The fourth-order valence-electron chi connectivity index (χ4n) is 3.65. The maximum absolute atomic E-state index is 12.7. The molecule has 3 heterocycles. The van der Waals surface area contributed by atoms with Crippen LogP contribution < -0.4 is 5.56 Å². The average molecular weight is 333 g/mol. The topological polar surface area (TPSA) is 64.4 Å². The Hall–Kier alpha value is -1.73. The second kappa shape index (κ2) is 6.05. The fraction of sp³-hybridized carbons (Fsp3) is 0.562. The number of hydrogen-bond donors (Lipinski definition) is 0. The molecule has 6 nitrogen and oxygen atoms in total. The third-order valence-corrected chi connectivity index (χ3v) is 5.63. The van der Waals surface area contributed by atoms with Crippen molar-refractivity contribution in [2.24, 2.45) is 0 Å². The molecule has 2 fully saturated rings. The third kappa shape index (κ3) is 2.68. The lowest BCUT2D eigenvalue weighted by molar-refractivity contribution is -0.150. The summed E-state index contributed by atoms with van der Waals surface area (Å²) >= 11 is 1.44. The monoisotopic (exact) mass is 333 g/mol. The number of carbonyl (C=O) groups excluding carboxylic acids is 1. The van der Waals surface area contributed by atoms with Gasteiger partial charge in [0.05, 0.1) is 30.5 Å². The molecule has 0 aromatic carbocycles. The van der Waals surface area contributed by atoms with Crippen LogP contribution in [-0.2, 0) is 16.1 Å². The number of aromatic nitrogens is 2. The van der Waals surface area contributed by atoms with Crippen LogP contribution in [0.5, 0.6) is 0 Å². The molecule has 0 unspecified atom stereocenters. The van der Waals surface area contributed by atoms with Crippen LogP contribution in [0.4, 0.5) is 0 Å². The van der Waals surface area contributed by atoms with E-state index in [-0.39, 0.29) is 30.2 Å². The van der Waals surface area contributed by atoms with E-state index in [4.69, 9.17) is 4.74 Å². The SMILES string of the molecule is O=C(Cn1cnc2sccc2c1=O)N1CCO[C@@H]2CCCC[C@H]21. The van der Waals surface area contributed by atoms with E-state index >= 15 is 0 Å². The molecule has 1 saturated carbocycles. The Morgan fingerprint density at radius 1 is 1.39 bits per heavy atom. The first-order valence-corrected chi connectivity index (χ1v) is 8.96. The molecule has 7 heteroatoms. The minimum absolute atomic E-state index is 0.0105. The predicted octanol–water partition coefficient (Wildman–Crippen LogP) is 1.63. The molecule has 2 aromatic heterocycles. The number of rotatable bonds is 2. The van der Waals surface area contributed by atoms with Gasteiger partial charge in [0.25, 0.3) is 5.56 Å². The Kier molecular flexibility index (Phi) is 3.90. The molecule has 0 bridgehead atoms. The van der Waals surface area contributed by atoms with Crippen molar-refractivity contribution in [1.82, 2.24) is 14.5 Å². The molecule has 0 N–H and O–H groups in total. The first kappa shape index (κ1) is 14.8. The summed E-state index contributed by atoms with van der Waals surface area (Å²) in [5, 5.41) is 2.43. The number of ether oxygens (including phenoxy) is 1. The minimum atomic E-state index is -0.141. The van der Waals surface area contributed by atoms with Crippen LogP contribution in [0.25, 0.3) is 10.2 Å². The molecule has 122 valence electrons. The molecule has 1 amide bonds. The average Bonchev–Trinajstić information content (AvgIpc) is 3.06. The van der Waals surface area contributed by atoms with E-state index in [2.05, 4.69) is 4.98 Å². The van der Waals surface area contributed by atoms with Gasteiger partial charge in [-0.05, 0) is 24.3 Å². The van der Waals surface area contributed by atoms with E-state index in [1.54, 1.807) is 6.07 Å². The summed E-state index contributed by atoms with van der Waals surface area (Å²) in [5.74, 6) is -0.0105. The van der Waals surface area contributed by atoms with Gasteiger partial charge in [-0.15, -0.1) is 11.3 Å². The summed E-state index contributed by atoms with van der Waals surface area (Å²) in [5.41, 5.74) is -0.141. The highest BCUT2D eigenvalue weighted by atomic mass is 32.1. The van der Waals surface area contributed by atoms with Gasteiger partial charge in [0, 0.05) is 6.54 Å². The van der Waals surface area contributed by atoms with E-state index in [9.17, 15) is 9.59 Å². The molecule has 2 aromatic rings. The Labute approximate surface area is 137 Å². The van der Waals surface area contributed by atoms with Gasteiger partial charge in [-0.25, -0.2) is 4.98 Å². The van der Waals surface area contributed by atoms with E-state index in [1.165, 1.54) is 28.7 Å². The summed E-state index contributed by atoms with van der Waals surface area (Å²) in [7, 11) is 0. The summed E-state index contributed by atoms with van der Waals surface area (Å²) in [6.45, 7) is 1.26. The highest BCUT2D eigenvalue weighted by molar-refractivity contribution is 7.16.